The zero-order valence-corrected chi connectivity index (χ0v) is 12.1. The fourth-order valence-electron chi connectivity index (χ4n) is 1.27. The van der Waals surface area contributed by atoms with Crippen LogP contribution in [0.2, 0.25) is 0 Å². The fraction of sp³-hybridized carbons (Fsp3) is 0.714. The standard InChI is InChI=1S/C14H24O4/c1-9(2)7-8-12(13(15)17-10(3)4)14(16)18-11(5)6/h7,10-12H,8H2,1-6H3. The highest BCUT2D eigenvalue weighted by atomic mass is 16.6. The molecule has 0 saturated heterocycles. The Labute approximate surface area is 109 Å². The van der Waals surface area contributed by atoms with Gasteiger partial charge in [-0.15, -0.1) is 0 Å². The smallest absolute Gasteiger partial charge is 0.320 e. The molecule has 0 rings (SSSR count). The Kier molecular flexibility index (Phi) is 7.32. The van der Waals surface area contributed by atoms with Gasteiger partial charge in [-0.1, -0.05) is 11.6 Å². The molecule has 0 aromatic heterocycles. The van der Waals surface area contributed by atoms with Gasteiger partial charge in [0.25, 0.3) is 0 Å². The molecule has 0 fully saturated rings. The van der Waals surface area contributed by atoms with Crippen LogP contribution in [0.5, 0.6) is 0 Å². The summed E-state index contributed by atoms with van der Waals surface area (Å²) in [7, 11) is 0. The second-order valence-corrected chi connectivity index (χ2v) is 5.04. The van der Waals surface area contributed by atoms with Gasteiger partial charge < -0.3 is 9.47 Å². The second-order valence-electron chi connectivity index (χ2n) is 5.04. The van der Waals surface area contributed by atoms with Crippen molar-refractivity contribution in [3.63, 3.8) is 0 Å². The first-order valence-corrected chi connectivity index (χ1v) is 6.28. The van der Waals surface area contributed by atoms with Crippen LogP contribution in [0.4, 0.5) is 0 Å². The Morgan fingerprint density at radius 3 is 1.61 bits per heavy atom. The Bertz CT molecular complexity index is 290. The monoisotopic (exact) mass is 256 g/mol. The molecule has 0 radical (unpaired) electrons. The van der Waals surface area contributed by atoms with Gasteiger partial charge in [0.15, 0.2) is 5.92 Å². The third-order valence-corrected chi connectivity index (χ3v) is 2.03. The first-order valence-electron chi connectivity index (χ1n) is 6.28. The van der Waals surface area contributed by atoms with Gasteiger partial charge >= 0.3 is 11.9 Å². The summed E-state index contributed by atoms with van der Waals surface area (Å²) in [6.45, 7) is 10.8. The number of ether oxygens (including phenoxy) is 2. The lowest BCUT2D eigenvalue weighted by molar-refractivity contribution is -0.166. The molecular weight excluding hydrogens is 232 g/mol. The third-order valence-electron chi connectivity index (χ3n) is 2.03. The summed E-state index contributed by atoms with van der Waals surface area (Å²) >= 11 is 0. The molecule has 4 heteroatoms. The van der Waals surface area contributed by atoms with Crippen LogP contribution in [0.15, 0.2) is 11.6 Å². The van der Waals surface area contributed by atoms with Crippen molar-refractivity contribution < 1.29 is 19.1 Å². The van der Waals surface area contributed by atoms with E-state index in [0.29, 0.717) is 6.42 Å². The van der Waals surface area contributed by atoms with Crippen LogP contribution in [0.3, 0.4) is 0 Å². The molecule has 0 spiro atoms. The topological polar surface area (TPSA) is 52.6 Å². The Hall–Kier alpha value is -1.32. The van der Waals surface area contributed by atoms with Gasteiger partial charge in [0.1, 0.15) is 0 Å². The van der Waals surface area contributed by atoms with Gasteiger partial charge in [-0.2, -0.15) is 0 Å². The predicted molar refractivity (Wildman–Crippen MR) is 70.0 cm³/mol. The van der Waals surface area contributed by atoms with Crippen molar-refractivity contribution in [2.24, 2.45) is 5.92 Å². The molecule has 0 saturated carbocycles. The SMILES string of the molecule is CC(C)=CCC(C(=O)OC(C)C)C(=O)OC(C)C. The van der Waals surface area contributed by atoms with Crippen LogP contribution >= 0.6 is 0 Å². The first kappa shape index (κ1) is 16.7. The molecule has 0 bridgehead atoms. The molecule has 0 N–H and O–H groups in total. The lowest BCUT2D eigenvalue weighted by atomic mass is 10.0. The number of allylic oxidation sites excluding steroid dienone is 2. The minimum absolute atomic E-state index is 0.237. The summed E-state index contributed by atoms with van der Waals surface area (Å²) in [5.41, 5.74) is 1.05. The van der Waals surface area contributed by atoms with Gasteiger partial charge in [0.05, 0.1) is 12.2 Å². The molecule has 0 aliphatic carbocycles. The van der Waals surface area contributed by atoms with Crippen LogP contribution < -0.4 is 0 Å². The Balaban J connectivity index is 4.76. The summed E-state index contributed by atoms with van der Waals surface area (Å²) in [6.07, 6.45) is 1.69. The van der Waals surface area contributed by atoms with Crippen LogP contribution in [-0.2, 0) is 19.1 Å². The van der Waals surface area contributed by atoms with E-state index >= 15 is 0 Å². The van der Waals surface area contributed by atoms with Crippen molar-refractivity contribution in [1.29, 1.82) is 0 Å². The second kappa shape index (κ2) is 7.90. The quantitative estimate of drug-likeness (QED) is 0.416. The molecule has 18 heavy (non-hydrogen) atoms. The Morgan fingerprint density at radius 2 is 1.33 bits per heavy atom. The van der Waals surface area contributed by atoms with E-state index in [1.807, 2.05) is 19.9 Å². The summed E-state index contributed by atoms with van der Waals surface area (Å²) in [4.78, 5) is 23.7. The molecule has 0 amide bonds. The lowest BCUT2D eigenvalue weighted by Gasteiger charge is -2.17. The number of carbonyl (C=O) groups excluding carboxylic acids is 2. The molecule has 0 aliphatic rings. The van der Waals surface area contributed by atoms with Crippen molar-refractivity contribution in [2.75, 3.05) is 0 Å². The molecule has 0 atom stereocenters. The molecular formula is C14H24O4. The van der Waals surface area contributed by atoms with Crippen LogP contribution in [0, 0.1) is 5.92 Å². The van der Waals surface area contributed by atoms with E-state index in [9.17, 15) is 9.59 Å². The van der Waals surface area contributed by atoms with Gasteiger partial charge in [0.2, 0.25) is 0 Å². The highest BCUT2D eigenvalue weighted by Gasteiger charge is 2.29. The average molecular weight is 256 g/mol. The van der Waals surface area contributed by atoms with E-state index in [4.69, 9.17) is 9.47 Å². The van der Waals surface area contributed by atoms with E-state index < -0.39 is 17.9 Å². The summed E-state index contributed by atoms with van der Waals surface area (Å²) < 4.78 is 10.2. The molecule has 0 aromatic rings. The van der Waals surface area contributed by atoms with E-state index in [0.717, 1.165) is 5.57 Å². The van der Waals surface area contributed by atoms with Gasteiger partial charge in [-0.3, -0.25) is 9.59 Å². The maximum atomic E-state index is 11.8. The maximum absolute atomic E-state index is 11.8. The van der Waals surface area contributed by atoms with E-state index in [1.165, 1.54) is 0 Å². The fourth-order valence-corrected chi connectivity index (χ4v) is 1.27. The highest BCUT2D eigenvalue weighted by Crippen LogP contribution is 2.13. The van der Waals surface area contributed by atoms with Crippen LogP contribution in [0.1, 0.15) is 48.0 Å². The Morgan fingerprint density at radius 1 is 0.944 bits per heavy atom. The van der Waals surface area contributed by atoms with E-state index in [1.54, 1.807) is 27.7 Å². The molecule has 0 aliphatic heterocycles. The number of rotatable bonds is 6. The molecule has 104 valence electrons. The van der Waals surface area contributed by atoms with Gasteiger partial charge in [-0.25, -0.2) is 0 Å². The zero-order valence-electron chi connectivity index (χ0n) is 12.1. The number of hydrogen-bond acceptors (Lipinski definition) is 4. The maximum Gasteiger partial charge on any atom is 0.320 e. The predicted octanol–water partition coefficient (Wildman–Crippen LogP) is 2.86. The minimum atomic E-state index is -0.871. The van der Waals surface area contributed by atoms with E-state index in [2.05, 4.69) is 0 Å². The average Bonchev–Trinajstić information content (AvgIpc) is 2.14. The summed E-state index contributed by atoms with van der Waals surface area (Å²) in [5.74, 6) is -1.91. The first-order chi connectivity index (χ1) is 8.23. The highest BCUT2D eigenvalue weighted by molar-refractivity contribution is 5.95. The minimum Gasteiger partial charge on any atom is -0.462 e. The van der Waals surface area contributed by atoms with Crippen molar-refractivity contribution in [3.8, 4) is 0 Å². The van der Waals surface area contributed by atoms with Gasteiger partial charge in [0, 0.05) is 0 Å². The van der Waals surface area contributed by atoms with Crippen LogP contribution in [-0.4, -0.2) is 24.1 Å². The molecule has 4 nitrogen and oxygen atoms in total. The zero-order chi connectivity index (χ0) is 14.3. The number of esters is 2. The van der Waals surface area contributed by atoms with Crippen molar-refractivity contribution in [1.82, 2.24) is 0 Å². The third kappa shape index (κ3) is 7.09. The summed E-state index contributed by atoms with van der Waals surface area (Å²) in [5, 5.41) is 0. The molecule has 0 aromatic carbocycles. The van der Waals surface area contributed by atoms with Gasteiger partial charge in [-0.05, 0) is 48.0 Å². The normalized spacial score (nSPS) is 10.7. The molecule has 0 heterocycles. The summed E-state index contributed by atoms with van der Waals surface area (Å²) in [6, 6.07) is 0. The van der Waals surface area contributed by atoms with Crippen molar-refractivity contribution in [3.05, 3.63) is 11.6 Å². The lowest BCUT2D eigenvalue weighted by Crippen LogP contribution is -2.30. The largest absolute Gasteiger partial charge is 0.462 e. The van der Waals surface area contributed by atoms with Crippen molar-refractivity contribution >= 4 is 11.9 Å². The van der Waals surface area contributed by atoms with Crippen molar-refractivity contribution in [2.45, 2.75) is 60.2 Å². The van der Waals surface area contributed by atoms with Crippen LogP contribution in [0.25, 0.3) is 0 Å². The van der Waals surface area contributed by atoms with E-state index in [-0.39, 0.29) is 12.2 Å². The number of hydrogen-bond donors (Lipinski definition) is 0. The molecule has 0 unspecified atom stereocenters. The number of carbonyl (C=O) groups is 2.